The van der Waals surface area contributed by atoms with Crippen molar-refractivity contribution in [1.29, 1.82) is 0 Å². The van der Waals surface area contributed by atoms with E-state index in [-0.39, 0.29) is 5.91 Å². The maximum Gasteiger partial charge on any atom is 0.266 e. The third-order valence-corrected chi connectivity index (χ3v) is 6.24. The summed E-state index contributed by atoms with van der Waals surface area (Å²) in [5, 5.41) is 2.94. The molecule has 31 heavy (non-hydrogen) atoms. The zero-order chi connectivity index (χ0) is 21.6. The number of quaternary nitrogens is 1. The van der Waals surface area contributed by atoms with E-state index >= 15 is 0 Å². The fourth-order valence-corrected chi connectivity index (χ4v) is 4.31. The van der Waals surface area contributed by atoms with Gasteiger partial charge in [-0.1, -0.05) is 24.3 Å². The van der Waals surface area contributed by atoms with Crippen molar-refractivity contribution in [1.82, 2.24) is 9.47 Å². The van der Waals surface area contributed by atoms with Crippen molar-refractivity contribution in [2.75, 3.05) is 30.9 Å². The summed E-state index contributed by atoms with van der Waals surface area (Å²) in [5.74, 6) is -0.167. The van der Waals surface area contributed by atoms with Crippen molar-refractivity contribution < 1.29 is 9.21 Å². The van der Waals surface area contributed by atoms with E-state index in [4.69, 9.17) is 16.6 Å². The number of nitrogens with zero attached hydrogens (tertiary/aromatic N) is 2. The number of hydrogen-bond donors (Lipinski definition) is 2. The summed E-state index contributed by atoms with van der Waals surface area (Å²) in [4.78, 5) is 18.4. The Labute approximate surface area is 185 Å². The molecule has 4 aromatic rings. The Morgan fingerprint density at radius 2 is 1.94 bits per heavy atom. The molecular formula is C24H23N4O2S+. The number of nitrogens with one attached hydrogen (secondary N) is 2. The summed E-state index contributed by atoms with van der Waals surface area (Å²) in [5.41, 5.74) is 4.99. The van der Waals surface area contributed by atoms with E-state index in [1.165, 1.54) is 5.69 Å². The van der Waals surface area contributed by atoms with Gasteiger partial charge in [-0.15, -0.1) is 0 Å². The fraction of sp³-hybridized carbons (Fsp3) is 0.167. The molecule has 1 aliphatic rings. The Morgan fingerprint density at radius 1 is 1.13 bits per heavy atom. The van der Waals surface area contributed by atoms with Gasteiger partial charge in [-0.05, 0) is 54.7 Å². The molecule has 1 aromatic heterocycles. The number of aromatic nitrogens is 1. The minimum Gasteiger partial charge on any atom is -0.429 e. The average molecular weight is 432 g/mol. The number of carbonyl (C=O) groups is 1. The van der Waals surface area contributed by atoms with Crippen molar-refractivity contribution in [3.63, 3.8) is 0 Å². The van der Waals surface area contributed by atoms with Crippen LogP contribution in [0.15, 0.2) is 77.2 Å². The molecule has 6 nitrogen and oxygen atoms in total. The van der Waals surface area contributed by atoms with Gasteiger partial charge in [0.25, 0.3) is 10.7 Å². The third-order valence-electron chi connectivity index (χ3n) is 6.05. The topological polar surface area (TPSA) is 61.3 Å². The van der Waals surface area contributed by atoms with Gasteiger partial charge >= 0.3 is 0 Å². The summed E-state index contributed by atoms with van der Waals surface area (Å²) >= 11 is 5.02. The number of carbonyl (C=O) groups excluding carboxylic acids is 1. The van der Waals surface area contributed by atoms with Crippen LogP contribution in [0.25, 0.3) is 11.1 Å². The second kappa shape index (κ2) is 7.37. The molecule has 1 amide bonds. The van der Waals surface area contributed by atoms with Crippen LogP contribution in [-0.4, -0.2) is 37.7 Å². The minimum absolute atomic E-state index is 0.167. The van der Waals surface area contributed by atoms with Crippen molar-refractivity contribution in [2.24, 2.45) is 0 Å². The van der Waals surface area contributed by atoms with Crippen LogP contribution in [-0.2, 0) is 0 Å². The third kappa shape index (κ3) is 3.62. The van der Waals surface area contributed by atoms with Gasteiger partial charge in [0.05, 0.1) is 12.6 Å². The number of fused-ring (bicyclic) bond motifs is 1. The van der Waals surface area contributed by atoms with Crippen LogP contribution in [0.2, 0.25) is 0 Å². The van der Waals surface area contributed by atoms with Gasteiger partial charge in [0.2, 0.25) is 6.17 Å². The predicted octanol–water partition coefficient (Wildman–Crippen LogP) is 5.16. The van der Waals surface area contributed by atoms with Crippen LogP contribution in [0.4, 0.5) is 17.1 Å². The lowest BCUT2D eigenvalue weighted by molar-refractivity contribution is 0.102. The van der Waals surface area contributed by atoms with E-state index in [2.05, 4.69) is 53.6 Å². The number of aromatic amines is 1. The molecule has 2 unspecified atom stereocenters. The highest BCUT2D eigenvalue weighted by molar-refractivity contribution is 7.71. The summed E-state index contributed by atoms with van der Waals surface area (Å²) in [6.07, 6.45) is 0.339. The SMILES string of the molecule is CN(c1cccc(C(=O)Nc2ccc3[nH]c(=S)oc3c2)c1)C1C[N+]1(C)c1ccccc1. The highest BCUT2D eigenvalue weighted by atomic mass is 32.1. The number of para-hydroxylation sites is 1. The number of oxazole rings is 1. The Kier molecular flexibility index (Phi) is 4.64. The molecule has 156 valence electrons. The van der Waals surface area contributed by atoms with Crippen LogP contribution < -0.4 is 14.7 Å². The molecule has 1 saturated heterocycles. The Balaban J connectivity index is 1.33. The van der Waals surface area contributed by atoms with Gasteiger partial charge in [0.15, 0.2) is 12.1 Å². The summed E-state index contributed by atoms with van der Waals surface area (Å²) in [7, 11) is 4.32. The van der Waals surface area contributed by atoms with Gasteiger partial charge in [-0.3, -0.25) is 9.28 Å². The Morgan fingerprint density at radius 3 is 2.74 bits per heavy atom. The van der Waals surface area contributed by atoms with Gasteiger partial charge in [0, 0.05) is 30.1 Å². The van der Waals surface area contributed by atoms with Crippen LogP contribution in [0.1, 0.15) is 10.4 Å². The molecule has 2 heterocycles. The maximum absolute atomic E-state index is 12.9. The van der Waals surface area contributed by atoms with Crippen molar-refractivity contribution in [2.45, 2.75) is 6.17 Å². The minimum atomic E-state index is -0.167. The largest absolute Gasteiger partial charge is 0.429 e. The van der Waals surface area contributed by atoms with Gasteiger partial charge in [-0.25, -0.2) is 0 Å². The van der Waals surface area contributed by atoms with Crippen molar-refractivity contribution in [3.8, 4) is 0 Å². The number of anilines is 2. The molecule has 0 aliphatic carbocycles. The van der Waals surface area contributed by atoms with Gasteiger partial charge in [-0.2, -0.15) is 0 Å². The molecule has 0 spiro atoms. The molecule has 0 bridgehead atoms. The molecule has 3 aromatic carbocycles. The first-order valence-corrected chi connectivity index (χ1v) is 10.5. The lowest BCUT2D eigenvalue weighted by atomic mass is 10.1. The molecule has 0 saturated carbocycles. The number of amides is 1. The number of likely N-dealkylation sites (N-methyl/N-ethyl adjacent to an activating group) is 2. The van der Waals surface area contributed by atoms with E-state index in [1.54, 1.807) is 6.07 Å². The van der Waals surface area contributed by atoms with Crippen LogP contribution in [0, 0.1) is 4.84 Å². The van der Waals surface area contributed by atoms with Crippen LogP contribution in [0.5, 0.6) is 0 Å². The van der Waals surface area contributed by atoms with E-state index < -0.39 is 0 Å². The number of benzene rings is 3. The zero-order valence-electron chi connectivity index (χ0n) is 17.3. The normalized spacial score (nSPS) is 19.9. The average Bonchev–Trinajstić information content (AvgIpc) is 3.34. The number of hydrogen-bond acceptors (Lipinski definition) is 4. The van der Waals surface area contributed by atoms with E-state index in [9.17, 15) is 4.79 Å². The standard InChI is InChI=1S/C24H22N4O2S/c1-27(22-15-28(22,2)19-9-4-3-5-10-19)18-8-6-7-16(13-18)23(29)25-17-11-12-20-21(14-17)30-24(31)26-20/h3-14,22H,15H2,1-2H3,(H-,25,26,29,31)/p+1. The lowest BCUT2D eigenvalue weighted by Gasteiger charge is -2.22. The molecule has 7 heteroatoms. The highest BCUT2D eigenvalue weighted by Crippen LogP contribution is 2.39. The van der Waals surface area contributed by atoms with Gasteiger partial charge < -0.3 is 19.6 Å². The molecule has 2 N–H and O–H groups in total. The number of H-pyrrole nitrogens is 1. The van der Waals surface area contributed by atoms with Crippen LogP contribution in [0.3, 0.4) is 0 Å². The Bertz CT molecular complexity index is 1330. The maximum atomic E-state index is 12.9. The number of rotatable bonds is 5. The monoisotopic (exact) mass is 431 g/mol. The van der Waals surface area contributed by atoms with Crippen molar-refractivity contribution >= 4 is 46.3 Å². The second-order valence-corrected chi connectivity index (χ2v) is 8.48. The van der Waals surface area contributed by atoms with Gasteiger partial charge in [0.1, 0.15) is 5.69 Å². The summed E-state index contributed by atoms with van der Waals surface area (Å²) < 4.78 is 6.30. The molecule has 2 atom stereocenters. The quantitative estimate of drug-likeness (QED) is 0.260. The first-order valence-electron chi connectivity index (χ1n) is 10.1. The fourth-order valence-electron chi connectivity index (χ4n) is 4.11. The predicted molar refractivity (Wildman–Crippen MR) is 127 cm³/mol. The first-order chi connectivity index (χ1) is 14.9. The zero-order valence-corrected chi connectivity index (χ0v) is 18.1. The Hall–Kier alpha value is -3.42. The van der Waals surface area contributed by atoms with E-state index in [1.807, 2.05) is 42.5 Å². The van der Waals surface area contributed by atoms with E-state index in [0.717, 1.165) is 22.2 Å². The highest BCUT2D eigenvalue weighted by Gasteiger charge is 2.56. The molecule has 5 rings (SSSR count). The summed E-state index contributed by atoms with van der Waals surface area (Å²) in [6.45, 7) is 1.03. The molecular weight excluding hydrogens is 408 g/mol. The summed E-state index contributed by atoms with van der Waals surface area (Å²) in [6, 6.07) is 23.7. The van der Waals surface area contributed by atoms with E-state index in [0.29, 0.717) is 27.8 Å². The van der Waals surface area contributed by atoms with Crippen LogP contribution >= 0.6 is 12.2 Å². The molecule has 0 radical (unpaired) electrons. The molecule has 1 fully saturated rings. The smallest absolute Gasteiger partial charge is 0.266 e. The van der Waals surface area contributed by atoms with Crippen molar-refractivity contribution in [3.05, 3.63) is 83.2 Å². The second-order valence-electron chi connectivity index (χ2n) is 8.11. The lowest BCUT2D eigenvalue weighted by Crippen LogP contribution is -2.34. The molecule has 1 aliphatic heterocycles. The first kappa shape index (κ1) is 19.5.